The van der Waals surface area contributed by atoms with Gasteiger partial charge in [0, 0.05) is 37.7 Å². The van der Waals surface area contributed by atoms with Crippen LogP contribution in [0.1, 0.15) is 52.9 Å². The third kappa shape index (κ3) is 5.88. The Morgan fingerprint density at radius 2 is 1.68 bits per heavy atom. The van der Waals surface area contributed by atoms with Crippen molar-refractivity contribution in [1.82, 2.24) is 24.9 Å². The summed E-state index contributed by atoms with van der Waals surface area (Å²) in [6, 6.07) is 17.3. The molecule has 1 saturated heterocycles. The number of nitrogens with one attached hydrogen (secondary N) is 1. The van der Waals surface area contributed by atoms with E-state index in [1.54, 1.807) is 52.9 Å². The number of aromatic nitrogens is 2. The van der Waals surface area contributed by atoms with Crippen LogP contribution >= 0.6 is 0 Å². The molecule has 0 radical (unpaired) electrons. The van der Waals surface area contributed by atoms with Crippen molar-refractivity contribution in [3.8, 4) is 5.75 Å². The second kappa shape index (κ2) is 11.1. The zero-order valence-corrected chi connectivity index (χ0v) is 22.6. The van der Waals surface area contributed by atoms with Crippen LogP contribution in [0, 0.1) is 0 Å². The molecule has 0 saturated carbocycles. The van der Waals surface area contributed by atoms with E-state index in [0.29, 0.717) is 17.8 Å². The summed E-state index contributed by atoms with van der Waals surface area (Å²) < 4.78 is 6.78. The van der Waals surface area contributed by atoms with Gasteiger partial charge >= 0.3 is 0 Å². The number of aryl methyl sites for hydroxylation is 1. The van der Waals surface area contributed by atoms with Crippen molar-refractivity contribution >= 4 is 17.7 Å². The SMILES string of the molecule is COc1ccc(CNC(=O)C2CN(C(=O)c3cc(C(C)(C)C)nn3C)CCN2C(=O)c2ccccc2)cc1. The van der Waals surface area contributed by atoms with Crippen LogP contribution in [0.25, 0.3) is 0 Å². The molecule has 1 N–H and O–H groups in total. The minimum absolute atomic E-state index is 0.0852. The summed E-state index contributed by atoms with van der Waals surface area (Å²) in [5.74, 6) is -0.0398. The molecular formula is C29H35N5O4. The summed E-state index contributed by atoms with van der Waals surface area (Å²) in [7, 11) is 3.34. The van der Waals surface area contributed by atoms with Crippen LogP contribution in [0.15, 0.2) is 60.7 Å². The molecule has 2 heterocycles. The maximum Gasteiger partial charge on any atom is 0.272 e. The first-order valence-electron chi connectivity index (χ1n) is 12.7. The van der Waals surface area contributed by atoms with Gasteiger partial charge in [-0.05, 0) is 35.9 Å². The highest BCUT2D eigenvalue weighted by Crippen LogP contribution is 2.23. The number of benzene rings is 2. The first-order chi connectivity index (χ1) is 18.1. The minimum atomic E-state index is -0.839. The van der Waals surface area contributed by atoms with Gasteiger partial charge in [-0.2, -0.15) is 5.10 Å². The van der Waals surface area contributed by atoms with Crippen molar-refractivity contribution in [1.29, 1.82) is 0 Å². The van der Waals surface area contributed by atoms with Crippen LogP contribution < -0.4 is 10.1 Å². The molecule has 1 aliphatic rings. The molecule has 1 atom stereocenters. The number of carbonyl (C=O) groups excluding carboxylic acids is 3. The van der Waals surface area contributed by atoms with Crippen molar-refractivity contribution in [2.75, 3.05) is 26.7 Å². The summed E-state index contributed by atoms with van der Waals surface area (Å²) in [6.45, 7) is 7.06. The number of nitrogens with zero attached hydrogens (tertiary/aromatic N) is 4. The van der Waals surface area contributed by atoms with E-state index in [1.807, 2.05) is 57.2 Å². The molecule has 9 heteroatoms. The molecular weight excluding hydrogens is 482 g/mol. The largest absolute Gasteiger partial charge is 0.497 e. The molecule has 38 heavy (non-hydrogen) atoms. The lowest BCUT2D eigenvalue weighted by atomic mass is 9.92. The van der Waals surface area contributed by atoms with Crippen molar-refractivity contribution < 1.29 is 19.1 Å². The van der Waals surface area contributed by atoms with E-state index >= 15 is 0 Å². The first kappa shape index (κ1) is 26.9. The minimum Gasteiger partial charge on any atom is -0.497 e. The van der Waals surface area contributed by atoms with Gasteiger partial charge in [0.1, 0.15) is 17.5 Å². The van der Waals surface area contributed by atoms with Gasteiger partial charge < -0.3 is 19.9 Å². The molecule has 2 aromatic carbocycles. The first-order valence-corrected chi connectivity index (χ1v) is 12.7. The van der Waals surface area contributed by atoms with E-state index in [4.69, 9.17) is 4.74 Å². The fourth-order valence-corrected chi connectivity index (χ4v) is 4.43. The predicted molar refractivity (Wildman–Crippen MR) is 144 cm³/mol. The van der Waals surface area contributed by atoms with Gasteiger partial charge in [-0.25, -0.2) is 0 Å². The highest BCUT2D eigenvalue weighted by atomic mass is 16.5. The van der Waals surface area contributed by atoms with E-state index in [-0.39, 0.29) is 42.8 Å². The van der Waals surface area contributed by atoms with Crippen molar-refractivity contribution in [3.63, 3.8) is 0 Å². The lowest BCUT2D eigenvalue weighted by molar-refractivity contribution is -0.127. The lowest BCUT2D eigenvalue weighted by Crippen LogP contribution is -2.61. The Balaban J connectivity index is 1.55. The molecule has 0 aliphatic carbocycles. The molecule has 4 rings (SSSR count). The Labute approximate surface area is 223 Å². The molecule has 3 amide bonds. The molecule has 0 bridgehead atoms. The molecule has 0 spiro atoms. The van der Waals surface area contributed by atoms with Crippen LogP contribution in [-0.2, 0) is 23.8 Å². The number of amides is 3. The number of rotatable bonds is 6. The fourth-order valence-electron chi connectivity index (χ4n) is 4.43. The van der Waals surface area contributed by atoms with Crippen molar-refractivity contribution in [2.45, 2.75) is 38.8 Å². The maximum atomic E-state index is 13.5. The zero-order chi connectivity index (χ0) is 27.4. The second-order valence-corrected chi connectivity index (χ2v) is 10.5. The quantitative estimate of drug-likeness (QED) is 0.542. The summed E-state index contributed by atoms with van der Waals surface area (Å²) >= 11 is 0. The van der Waals surface area contributed by atoms with Gasteiger partial charge in [0.15, 0.2) is 0 Å². The van der Waals surface area contributed by atoms with E-state index in [0.717, 1.165) is 17.0 Å². The smallest absolute Gasteiger partial charge is 0.272 e. The average molecular weight is 518 g/mol. The third-order valence-corrected chi connectivity index (χ3v) is 6.74. The monoisotopic (exact) mass is 517 g/mol. The molecule has 1 fully saturated rings. The Morgan fingerprint density at radius 3 is 2.29 bits per heavy atom. The van der Waals surface area contributed by atoms with Crippen LogP contribution in [0.3, 0.4) is 0 Å². The van der Waals surface area contributed by atoms with Gasteiger partial charge in [0.2, 0.25) is 5.91 Å². The summed E-state index contributed by atoms with van der Waals surface area (Å²) in [6.07, 6.45) is 0. The fraction of sp³-hybridized carbons (Fsp3) is 0.379. The normalized spacial score (nSPS) is 15.8. The maximum absolute atomic E-state index is 13.5. The Kier molecular flexibility index (Phi) is 7.85. The molecule has 3 aromatic rings. The van der Waals surface area contributed by atoms with Crippen LogP contribution in [0.4, 0.5) is 0 Å². The molecule has 200 valence electrons. The number of hydrogen-bond donors (Lipinski definition) is 1. The number of methoxy groups -OCH3 is 1. The number of piperazine rings is 1. The van der Waals surface area contributed by atoms with E-state index < -0.39 is 6.04 Å². The van der Waals surface area contributed by atoms with Crippen molar-refractivity contribution in [2.24, 2.45) is 7.05 Å². The van der Waals surface area contributed by atoms with Crippen LogP contribution in [0.2, 0.25) is 0 Å². The Morgan fingerprint density at radius 1 is 1.00 bits per heavy atom. The highest BCUT2D eigenvalue weighted by Gasteiger charge is 2.38. The Bertz CT molecular complexity index is 1290. The van der Waals surface area contributed by atoms with E-state index in [2.05, 4.69) is 10.4 Å². The second-order valence-electron chi connectivity index (χ2n) is 10.5. The summed E-state index contributed by atoms with van der Waals surface area (Å²) in [4.78, 5) is 43.6. The van der Waals surface area contributed by atoms with Crippen LogP contribution in [-0.4, -0.2) is 70.1 Å². The van der Waals surface area contributed by atoms with Gasteiger partial charge in [0.25, 0.3) is 11.8 Å². The van der Waals surface area contributed by atoms with Crippen LogP contribution in [0.5, 0.6) is 5.75 Å². The number of hydrogen-bond acceptors (Lipinski definition) is 5. The van der Waals surface area contributed by atoms with Gasteiger partial charge in [-0.15, -0.1) is 0 Å². The average Bonchev–Trinajstić information content (AvgIpc) is 3.33. The predicted octanol–water partition coefficient (Wildman–Crippen LogP) is 3.01. The van der Waals surface area contributed by atoms with Gasteiger partial charge in [-0.1, -0.05) is 51.1 Å². The van der Waals surface area contributed by atoms with Crippen molar-refractivity contribution in [3.05, 3.63) is 83.2 Å². The Hall–Kier alpha value is -4.14. The third-order valence-electron chi connectivity index (χ3n) is 6.74. The number of carbonyl (C=O) groups is 3. The van der Waals surface area contributed by atoms with Gasteiger partial charge in [-0.3, -0.25) is 19.1 Å². The van der Waals surface area contributed by atoms with Gasteiger partial charge in [0.05, 0.1) is 19.3 Å². The topological polar surface area (TPSA) is 96.8 Å². The molecule has 1 aromatic heterocycles. The molecule has 9 nitrogen and oxygen atoms in total. The zero-order valence-electron chi connectivity index (χ0n) is 22.6. The highest BCUT2D eigenvalue weighted by molar-refractivity contribution is 5.99. The molecule has 1 unspecified atom stereocenters. The standard InChI is InChI=1S/C29H35N5O4/c1-29(2,3)25-17-23(32(4)31-25)28(37)33-15-16-34(27(36)21-9-7-6-8-10-21)24(19-33)26(35)30-18-20-11-13-22(38-5)14-12-20/h6-14,17,24H,15-16,18-19H2,1-5H3,(H,30,35). The molecule has 1 aliphatic heterocycles. The van der Waals surface area contributed by atoms with E-state index in [1.165, 1.54) is 0 Å². The lowest BCUT2D eigenvalue weighted by Gasteiger charge is -2.40. The summed E-state index contributed by atoms with van der Waals surface area (Å²) in [5.41, 5.74) is 2.46. The van der Waals surface area contributed by atoms with E-state index in [9.17, 15) is 14.4 Å². The summed E-state index contributed by atoms with van der Waals surface area (Å²) in [5, 5.41) is 7.47. The number of ether oxygens (including phenoxy) is 1.